The van der Waals surface area contributed by atoms with Crippen LogP contribution in [0.2, 0.25) is 0 Å². The van der Waals surface area contributed by atoms with Gasteiger partial charge in [-0.05, 0) is 22.4 Å². The first kappa shape index (κ1) is 14.7. The molecule has 20 heavy (non-hydrogen) atoms. The third-order valence-corrected chi connectivity index (χ3v) is 3.50. The molecule has 0 amide bonds. The molecule has 0 spiro atoms. The summed E-state index contributed by atoms with van der Waals surface area (Å²) in [6, 6.07) is 0. The van der Waals surface area contributed by atoms with E-state index in [2.05, 4.69) is 36.4 Å². The molecule has 0 unspecified atom stereocenters. The van der Waals surface area contributed by atoms with Gasteiger partial charge in [-0.3, -0.25) is 9.48 Å². The van der Waals surface area contributed by atoms with Crippen LogP contribution in [-0.4, -0.2) is 31.1 Å². The van der Waals surface area contributed by atoms with Crippen molar-refractivity contribution in [3.05, 3.63) is 33.2 Å². The molecule has 0 aliphatic carbocycles. The normalized spacial score (nSPS) is 10.8. The molecule has 0 radical (unpaired) electrons. The van der Waals surface area contributed by atoms with Crippen molar-refractivity contribution in [2.24, 2.45) is 7.05 Å². The second-order valence-electron chi connectivity index (χ2n) is 4.41. The lowest BCUT2D eigenvalue weighted by atomic mass is 10.3. The molecule has 0 aliphatic rings. The van der Waals surface area contributed by atoms with Crippen molar-refractivity contribution < 1.29 is 0 Å². The highest BCUT2D eigenvalue weighted by Crippen LogP contribution is 2.15. The van der Waals surface area contributed by atoms with Crippen molar-refractivity contribution in [2.45, 2.75) is 26.3 Å². The first-order valence-electron chi connectivity index (χ1n) is 6.45. The van der Waals surface area contributed by atoms with E-state index in [0.29, 0.717) is 29.7 Å². The lowest BCUT2D eigenvalue weighted by Crippen LogP contribution is -2.24. The van der Waals surface area contributed by atoms with Gasteiger partial charge in [0.25, 0.3) is 5.56 Å². The van der Waals surface area contributed by atoms with Crippen LogP contribution in [0.3, 0.4) is 0 Å². The molecule has 0 aromatic carbocycles. The minimum Gasteiger partial charge on any atom is -0.382 e. The largest absolute Gasteiger partial charge is 0.382 e. The predicted molar refractivity (Wildman–Crippen MR) is 79.7 cm³/mol. The first-order chi connectivity index (χ1) is 9.61. The van der Waals surface area contributed by atoms with Crippen LogP contribution in [0.25, 0.3) is 0 Å². The van der Waals surface area contributed by atoms with Gasteiger partial charge in [-0.1, -0.05) is 6.92 Å². The number of rotatable bonds is 6. The van der Waals surface area contributed by atoms with E-state index in [-0.39, 0.29) is 5.56 Å². The monoisotopic (exact) mass is 340 g/mol. The highest BCUT2D eigenvalue weighted by atomic mass is 79.9. The second-order valence-corrected chi connectivity index (χ2v) is 5.20. The fourth-order valence-corrected chi connectivity index (χ4v) is 2.21. The topological polar surface area (TPSA) is 77.6 Å². The second kappa shape index (κ2) is 6.65. The Hall–Kier alpha value is -1.70. The fourth-order valence-electron chi connectivity index (χ4n) is 1.77. The number of halogens is 1. The number of anilines is 1. The van der Waals surface area contributed by atoms with Crippen molar-refractivity contribution in [1.29, 1.82) is 0 Å². The van der Waals surface area contributed by atoms with Gasteiger partial charge in [-0.2, -0.15) is 10.2 Å². The summed E-state index contributed by atoms with van der Waals surface area (Å²) in [5, 5.41) is 11.5. The lowest BCUT2D eigenvalue weighted by molar-refractivity contribution is 0.566. The maximum absolute atomic E-state index is 12.0. The van der Waals surface area contributed by atoms with Gasteiger partial charge < -0.3 is 5.32 Å². The Bertz CT molecular complexity index is 635. The Labute approximate surface area is 125 Å². The van der Waals surface area contributed by atoms with E-state index in [9.17, 15) is 4.79 Å². The Morgan fingerprint density at radius 3 is 2.90 bits per heavy atom. The molecule has 0 fully saturated rings. The molecule has 7 nitrogen and oxygen atoms in total. The molecule has 2 heterocycles. The minimum atomic E-state index is -0.118. The van der Waals surface area contributed by atoms with Gasteiger partial charge in [0.1, 0.15) is 10.8 Å². The molecule has 8 heteroatoms. The van der Waals surface area contributed by atoms with Gasteiger partial charge in [0, 0.05) is 26.6 Å². The van der Waals surface area contributed by atoms with Gasteiger partial charge in [0.05, 0.1) is 11.9 Å². The number of nitrogens with zero attached hydrogens (tertiary/aromatic N) is 5. The van der Waals surface area contributed by atoms with Gasteiger partial charge in [0.2, 0.25) is 0 Å². The standard InChI is InChI=1S/C12H17BrN6O/c1-3-6-19-12(20)11(13)9(7-16-19)14-5-4-10-15-8-18(2)17-10/h7-8,14H,3-6H2,1-2H3. The average molecular weight is 341 g/mol. The minimum absolute atomic E-state index is 0.118. The summed E-state index contributed by atoms with van der Waals surface area (Å²) in [6.07, 6.45) is 4.88. The zero-order valence-corrected chi connectivity index (χ0v) is 13.1. The van der Waals surface area contributed by atoms with Crippen molar-refractivity contribution in [3.63, 3.8) is 0 Å². The van der Waals surface area contributed by atoms with Gasteiger partial charge in [-0.25, -0.2) is 9.67 Å². The molecule has 0 bridgehead atoms. The van der Waals surface area contributed by atoms with E-state index in [0.717, 1.165) is 12.2 Å². The van der Waals surface area contributed by atoms with Gasteiger partial charge >= 0.3 is 0 Å². The van der Waals surface area contributed by atoms with Crippen LogP contribution in [-0.2, 0) is 20.0 Å². The van der Waals surface area contributed by atoms with Crippen LogP contribution in [0.5, 0.6) is 0 Å². The first-order valence-corrected chi connectivity index (χ1v) is 7.25. The van der Waals surface area contributed by atoms with Crippen molar-refractivity contribution in [2.75, 3.05) is 11.9 Å². The summed E-state index contributed by atoms with van der Waals surface area (Å²) in [4.78, 5) is 16.1. The molecule has 2 aromatic rings. The van der Waals surface area contributed by atoms with Crippen LogP contribution in [0.15, 0.2) is 21.8 Å². The Morgan fingerprint density at radius 1 is 1.45 bits per heavy atom. The molecule has 0 saturated carbocycles. The number of aromatic nitrogens is 5. The Morgan fingerprint density at radius 2 is 2.25 bits per heavy atom. The van der Waals surface area contributed by atoms with E-state index < -0.39 is 0 Å². The zero-order chi connectivity index (χ0) is 14.5. The van der Waals surface area contributed by atoms with E-state index in [1.54, 1.807) is 17.2 Å². The molecule has 108 valence electrons. The van der Waals surface area contributed by atoms with Crippen LogP contribution in [0, 0.1) is 0 Å². The van der Waals surface area contributed by atoms with Gasteiger partial charge in [0.15, 0.2) is 5.82 Å². The quantitative estimate of drug-likeness (QED) is 0.854. The SMILES string of the molecule is CCCn1ncc(NCCc2ncn(C)n2)c(Br)c1=O. The van der Waals surface area contributed by atoms with Crippen molar-refractivity contribution in [1.82, 2.24) is 24.5 Å². The Balaban J connectivity index is 1.99. The highest BCUT2D eigenvalue weighted by Gasteiger charge is 2.08. The van der Waals surface area contributed by atoms with Crippen LogP contribution in [0.4, 0.5) is 5.69 Å². The fraction of sp³-hybridized carbons (Fsp3) is 0.500. The number of nitrogens with one attached hydrogen (secondary N) is 1. The molecular formula is C12H17BrN6O. The molecule has 0 saturated heterocycles. The zero-order valence-electron chi connectivity index (χ0n) is 11.5. The van der Waals surface area contributed by atoms with Crippen LogP contribution in [0.1, 0.15) is 19.2 Å². The van der Waals surface area contributed by atoms with E-state index in [1.165, 1.54) is 4.68 Å². The van der Waals surface area contributed by atoms with Crippen LogP contribution < -0.4 is 10.9 Å². The smallest absolute Gasteiger partial charge is 0.283 e. The summed E-state index contributed by atoms with van der Waals surface area (Å²) in [5.74, 6) is 0.767. The maximum atomic E-state index is 12.0. The Kier molecular flexibility index (Phi) is 4.89. The number of hydrogen-bond donors (Lipinski definition) is 1. The predicted octanol–water partition coefficient (Wildman–Crippen LogP) is 1.20. The van der Waals surface area contributed by atoms with E-state index in [4.69, 9.17) is 0 Å². The van der Waals surface area contributed by atoms with Crippen molar-refractivity contribution >= 4 is 21.6 Å². The van der Waals surface area contributed by atoms with Gasteiger partial charge in [-0.15, -0.1) is 0 Å². The summed E-state index contributed by atoms with van der Waals surface area (Å²) in [7, 11) is 1.83. The van der Waals surface area contributed by atoms with E-state index >= 15 is 0 Å². The molecular weight excluding hydrogens is 324 g/mol. The number of aryl methyl sites for hydroxylation is 2. The van der Waals surface area contributed by atoms with Crippen LogP contribution >= 0.6 is 15.9 Å². The third kappa shape index (κ3) is 3.44. The van der Waals surface area contributed by atoms with Crippen molar-refractivity contribution in [3.8, 4) is 0 Å². The molecule has 0 atom stereocenters. The van der Waals surface area contributed by atoms with E-state index in [1.807, 2.05) is 14.0 Å². The summed E-state index contributed by atoms with van der Waals surface area (Å²) < 4.78 is 3.63. The molecule has 2 aromatic heterocycles. The summed E-state index contributed by atoms with van der Waals surface area (Å²) >= 11 is 3.32. The third-order valence-electron chi connectivity index (χ3n) is 2.73. The summed E-state index contributed by atoms with van der Waals surface area (Å²) in [6.45, 7) is 3.27. The molecule has 2 rings (SSSR count). The highest BCUT2D eigenvalue weighted by molar-refractivity contribution is 9.10. The lowest BCUT2D eigenvalue weighted by Gasteiger charge is -2.09. The number of hydrogen-bond acceptors (Lipinski definition) is 5. The molecule has 0 aliphatic heterocycles. The summed E-state index contributed by atoms with van der Waals surface area (Å²) in [5.41, 5.74) is 0.575. The average Bonchev–Trinajstić information content (AvgIpc) is 2.84. The molecule has 1 N–H and O–H groups in total. The maximum Gasteiger partial charge on any atom is 0.283 e.